The van der Waals surface area contributed by atoms with Gasteiger partial charge in [0.05, 0.1) is 18.9 Å². The van der Waals surface area contributed by atoms with Gasteiger partial charge in [-0.05, 0) is 62.3 Å². The summed E-state index contributed by atoms with van der Waals surface area (Å²) in [4.78, 5) is 134. The topological polar surface area (TPSA) is 386 Å². The van der Waals surface area contributed by atoms with Crippen LogP contribution >= 0.6 is 0 Å². The monoisotopic (exact) mass is 957 g/mol. The molecular formula is C44H67N11O13. The Morgan fingerprint density at radius 3 is 1.76 bits per heavy atom. The number of benzene rings is 1. The minimum absolute atomic E-state index is 0.0185. The first kappa shape index (κ1) is 55.5. The predicted octanol–water partition coefficient (Wildman–Crippen LogP) is -2.04. The van der Waals surface area contributed by atoms with Crippen LogP contribution in [0.4, 0.5) is 0 Å². The van der Waals surface area contributed by atoms with Crippen molar-refractivity contribution in [2.75, 3.05) is 19.6 Å². The number of nitrogens with one attached hydrogen (secondary N) is 7. The smallest absolute Gasteiger partial charge is 0.326 e. The molecule has 14 N–H and O–H groups in total. The molecule has 0 radical (unpaired) electrons. The van der Waals surface area contributed by atoms with Gasteiger partial charge in [-0.2, -0.15) is 0 Å². The molecule has 2 fully saturated rings. The highest BCUT2D eigenvalue weighted by Gasteiger charge is 2.42. The number of aliphatic carboxylic acids is 3. The zero-order chi connectivity index (χ0) is 50.8. The SMILES string of the molecule is CC(C)C[C@H](N)C(=O)N[C@@H](CC(=O)O)C(=O)N[C@@H](CC(=O)O)C(=O)N1CCC[C@H]1C(=O)N[C@H](C(=O)N[C@@H](Cc1ccccc1)C(=O)N[C@@H](CCCNC(=N)N)C(=O)N1CCC[C@H]1C(=O)O)C(C)C. The highest BCUT2D eigenvalue weighted by atomic mass is 16.4. The van der Waals surface area contributed by atoms with Gasteiger partial charge in [-0.1, -0.05) is 58.0 Å². The summed E-state index contributed by atoms with van der Waals surface area (Å²) in [7, 11) is 0. The van der Waals surface area contributed by atoms with Crippen molar-refractivity contribution >= 4 is 65.2 Å². The van der Waals surface area contributed by atoms with Gasteiger partial charge < -0.3 is 68.5 Å². The lowest BCUT2D eigenvalue weighted by Gasteiger charge is -2.31. The van der Waals surface area contributed by atoms with Gasteiger partial charge in [0.25, 0.3) is 0 Å². The maximum absolute atomic E-state index is 14.2. The normalized spacial score (nSPS) is 18.3. The maximum atomic E-state index is 14.2. The number of nitrogens with zero attached hydrogens (tertiary/aromatic N) is 2. The second-order valence-electron chi connectivity index (χ2n) is 17.8. The molecule has 0 unspecified atom stereocenters. The molecule has 8 atom stereocenters. The molecule has 1 aromatic carbocycles. The largest absolute Gasteiger partial charge is 0.481 e. The predicted molar refractivity (Wildman–Crippen MR) is 243 cm³/mol. The molecule has 68 heavy (non-hydrogen) atoms. The van der Waals surface area contributed by atoms with Crippen LogP contribution in [0.5, 0.6) is 0 Å². The highest BCUT2D eigenvalue weighted by molar-refractivity contribution is 5.99. The third-order valence-corrected chi connectivity index (χ3v) is 11.5. The molecule has 0 aromatic heterocycles. The van der Waals surface area contributed by atoms with Crippen molar-refractivity contribution in [1.29, 1.82) is 5.41 Å². The van der Waals surface area contributed by atoms with Crippen LogP contribution in [0.15, 0.2) is 30.3 Å². The van der Waals surface area contributed by atoms with Gasteiger partial charge in [-0.3, -0.25) is 48.6 Å². The number of rotatable bonds is 26. The van der Waals surface area contributed by atoms with E-state index in [4.69, 9.17) is 16.9 Å². The Kier molecular flexibility index (Phi) is 21.6. The first-order valence-electron chi connectivity index (χ1n) is 22.7. The Bertz CT molecular complexity index is 2000. The standard InChI is InChI=1S/C44H67N11O13/c1-23(2)19-26(45)36(60)50-29(21-33(56)57)38(62)52-30(22-34(58)59)42(66)54-17-9-14-31(54)39(63)53-35(24(3)4)40(64)51-28(20-25-11-6-5-7-12-25)37(61)49-27(13-8-16-48-44(46)47)41(65)55-18-10-15-32(55)43(67)68/h5-7,11-12,23-24,26-32,35H,8-10,13-22,45H2,1-4H3,(H,49,61)(H,50,60)(H,51,64)(H,52,62)(H,53,63)(H,56,57)(H,58,59)(H,67,68)(H4,46,47,48)/t26-,27-,28-,29-,30-,31-,32-,35-/m0/s1. The number of carbonyl (C=O) groups excluding carboxylic acids is 7. The van der Waals surface area contributed by atoms with Crippen LogP contribution in [-0.4, -0.2) is 158 Å². The molecule has 0 aliphatic carbocycles. The summed E-state index contributed by atoms with van der Waals surface area (Å²) in [5.74, 6) is -11.2. The van der Waals surface area contributed by atoms with Crippen molar-refractivity contribution in [1.82, 2.24) is 41.7 Å². The Balaban J connectivity index is 1.85. The number of likely N-dealkylation sites (tertiary alicyclic amines) is 2. The minimum Gasteiger partial charge on any atom is -0.481 e. The molecule has 0 saturated carbocycles. The van der Waals surface area contributed by atoms with Crippen molar-refractivity contribution in [3.8, 4) is 0 Å². The zero-order valence-corrected chi connectivity index (χ0v) is 38.8. The van der Waals surface area contributed by atoms with E-state index in [2.05, 4.69) is 31.9 Å². The summed E-state index contributed by atoms with van der Waals surface area (Å²) < 4.78 is 0. The average Bonchev–Trinajstić information content (AvgIpc) is 3.96. The average molecular weight is 958 g/mol. The second kappa shape index (κ2) is 26.5. The molecule has 2 heterocycles. The summed E-state index contributed by atoms with van der Waals surface area (Å²) in [5.41, 5.74) is 11.9. The molecule has 0 spiro atoms. The summed E-state index contributed by atoms with van der Waals surface area (Å²) in [6, 6.07) is -2.30. The summed E-state index contributed by atoms with van der Waals surface area (Å²) in [6.45, 7) is 7.08. The lowest BCUT2D eigenvalue weighted by molar-refractivity contribution is -0.149. The fraction of sp³-hybridized carbons (Fsp3) is 0.614. The van der Waals surface area contributed by atoms with E-state index in [1.54, 1.807) is 58.0 Å². The van der Waals surface area contributed by atoms with Gasteiger partial charge in [0, 0.05) is 26.1 Å². The van der Waals surface area contributed by atoms with Gasteiger partial charge >= 0.3 is 17.9 Å². The lowest BCUT2D eigenvalue weighted by Crippen LogP contribution is -2.61. The number of guanidine groups is 1. The van der Waals surface area contributed by atoms with Crippen LogP contribution < -0.4 is 43.4 Å². The third kappa shape index (κ3) is 17.1. The van der Waals surface area contributed by atoms with Crippen LogP contribution in [0.2, 0.25) is 0 Å². The van der Waals surface area contributed by atoms with Crippen LogP contribution in [-0.2, 0) is 54.4 Å². The number of amides is 7. The Morgan fingerprint density at radius 2 is 1.21 bits per heavy atom. The van der Waals surface area contributed by atoms with Crippen molar-refractivity contribution in [2.24, 2.45) is 23.3 Å². The van der Waals surface area contributed by atoms with Crippen molar-refractivity contribution < 1.29 is 63.3 Å². The van der Waals surface area contributed by atoms with E-state index in [9.17, 15) is 63.3 Å². The van der Waals surface area contributed by atoms with Gasteiger partial charge in [0.1, 0.15) is 42.3 Å². The van der Waals surface area contributed by atoms with Gasteiger partial charge in [0.15, 0.2) is 5.96 Å². The zero-order valence-electron chi connectivity index (χ0n) is 38.8. The number of hydrogen-bond donors (Lipinski definition) is 12. The molecule has 7 amide bonds. The van der Waals surface area contributed by atoms with E-state index in [1.165, 1.54) is 4.90 Å². The maximum Gasteiger partial charge on any atom is 0.326 e. The molecule has 2 aliphatic rings. The molecule has 2 aliphatic heterocycles. The van der Waals surface area contributed by atoms with Crippen LogP contribution in [0.3, 0.4) is 0 Å². The Morgan fingerprint density at radius 1 is 0.691 bits per heavy atom. The fourth-order valence-electron chi connectivity index (χ4n) is 8.08. The number of carboxylic acid groups (broad SMARTS) is 3. The molecule has 0 bridgehead atoms. The molecule has 3 rings (SSSR count). The Labute approximate surface area is 393 Å². The number of hydrogen-bond acceptors (Lipinski definition) is 12. The second-order valence-corrected chi connectivity index (χ2v) is 17.8. The highest BCUT2D eigenvalue weighted by Crippen LogP contribution is 2.22. The molecule has 1 aromatic rings. The Hall–Kier alpha value is -6.85. The van der Waals surface area contributed by atoms with Gasteiger partial charge in [-0.25, -0.2) is 4.79 Å². The number of carboxylic acids is 3. The third-order valence-electron chi connectivity index (χ3n) is 11.5. The molecule has 24 nitrogen and oxygen atoms in total. The minimum atomic E-state index is -1.81. The van der Waals surface area contributed by atoms with Crippen molar-refractivity contribution in [3.05, 3.63) is 35.9 Å². The van der Waals surface area contributed by atoms with E-state index in [1.807, 2.05) is 0 Å². The van der Waals surface area contributed by atoms with Crippen LogP contribution in [0.1, 0.15) is 91.0 Å². The molecular weight excluding hydrogens is 891 g/mol. The van der Waals surface area contributed by atoms with Crippen LogP contribution in [0.25, 0.3) is 0 Å². The summed E-state index contributed by atoms with van der Waals surface area (Å²) >= 11 is 0. The summed E-state index contributed by atoms with van der Waals surface area (Å²) in [5, 5.41) is 51.6. The van der Waals surface area contributed by atoms with Gasteiger partial charge in [0.2, 0.25) is 41.4 Å². The molecule has 24 heteroatoms. The quantitative estimate of drug-likeness (QED) is 0.0270. The molecule has 2 saturated heterocycles. The van der Waals surface area contributed by atoms with Crippen molar-refractivity contribution in [3.63, 3.8) is 0 Å². The lowest BCUT2D eigenvalue weighted by atomic mass is 9.99. The van der Waals surface area contributed by atoms with E-state index in [-0.39, 0.29) is 76.5 Å². The van der Waals surface area contributed by atoms with E-state index in [0.29, 0.717) is 12.0 Å². The first-order valence-corrected chi connectivity index (χ1v) is 22.7. The van der Waals surface area contributed by atoms with Crippen molar-refractivity contribution in [2.45, 2.75) is 140 Å². The van der Waals surface area contributed by atoms with E-state index in [0.717, 1.165) is 4.90 Å². The first-order chi connectivity index (χ1) is 32.0. The van der Waals surface area contributed by atoms with Crippen LogP contribution in [0, 0.1) is 17.2 Å². The van der Waals surface area contributed by atoms with Gasteiger partial charge in [-0.15, -0.1) is 0 Å². The fourth-order valence-corrected chi connectivity index (χ4v) is 8.08. The number of carbonyl (C=O) groups is 10. The molecule has 376 valence electrons. The van der Waals surface area contributed by atoms with E-state index >= 15 is 0 Å². The number of nitrogens with two attached hydrogens (primary N) is 2. The summed E-state index contributed by atoms with van der Waals surface area (Å²) in [6.07, 6.45) is -0.531. The van der Waals surface area contributed by atoms with E-state index < -0.39 is 126 Å².